The molecule has 0 aliphatic rings. The smallest absolute Gasteiger partial charge is 0.393 e. The lowest BCUT2D eigenvalue weighted by atomic mass is 9.99. The van der Waals surface area contributed by atoms with E-state index in [1.54, 1.807) is 0 Å². The van der Waals surface area contributed by atoms with Crippen molar-refractivity contribution in [3.05, 3.63) is 0 Å². The number of aliphatic hydroxyl groups excluding tert-OH is 1. The molecule has 102 valence electrons. The molecular weight excluding hydrogens is 267 g/mol. The summed E-state index contributed by atoms with van der Waals surface area (Å²) in [4.78, 5) is 11.1. The average Bonchev–Trinajstić information content (AvgIpc) is 2.15. The summed E-state index contributed by atoms with van der Waals surface area (Å²) in [5.74, 6) is -1.81. The predicted molar refractivity (Wildman–Crippen MR) is 50.1 cm³/mol. The van der Waals surface area contributed by atoms with E-state index in [0.29, 0.717) is 4.72 Å². The molecule has 0 radical (unpaired) electrons. The Balaban J connectivity index is 4.99. The number of hydrogen-bond acceptors (Lipinski definition) is 5. The SMILES string of the molecule is CCCC(O)(CO)C(=O)NS(=O)(=O)C(F)(F)F. The van der Waals surface area contributed by atoms with Gasteiger partial charge in [0, 0.05) is 0 Å². The quantitative estimate of drug-likeness (QED) is 0.628. The van der Waals surface area contributed by atoms with Gasteiger partial charge in [-0.25, -0.2) is 4.72 Å². The van der Waals surface area contributed by atoms with Gasteiger partial charge in [0.1, 0.15) is 0 Å². The Morgan fingerprint density at radius 2 is 1.82 bits per heavy atom. The van der Waals surface area contributed by atoms with Crippen LogP contribution in [0.5, 0.6) is 0 Å². The summed E-state index contributed by atoms with van der Waals surface area (Å²) in [5.41, 5.74) is -8.21. The number of amides is 1. The summed E-state index contributed by atoms with van der Waals surface area (Å²) >= 11 is 0. The topological polar surface area (TPSA) is 104 Å². The van der Waals surface area contributed by atoms with Crippen molar-refractivity contribution in [2.24, 2.45) is 0 Å². The van der Waals surface area contributed by atoms with Crippen molar-refractivity contribution < 1.29 is 36.6 Å². The Hall–Kier alpha value is -0.870. The first kappa shape index (κ1) is 16.1. The molecule has 1 unspecified atom stereocenters. The number of halogens is 3. The molecule has 0 aliphatic carbocycles. The normalized spacial score (nSPS) is 16.4. The van der Waals surface area contributed by atoms with Gasteiger partial charge in [0.25, 0.3) is 5.91 Å². The van der Waals surface area contributed by atoms with Crippen LogP contribution in [0.4, 0.5) is 13.2 Å². The maximum Gasteiger partial charge on any atom is 0.516 e. The van der Waals surface area contributed by atoms with Gasteiger partial charge in [-0.1, -0.05) is 13.3 Å². The first-order valence-corrected chi connectivity index (χ1v) is 5.95. The van der Waals surface area contributed by atoms with Gasteiger partial charge in [-0.3, -0.25) is 4.79 Å². The van der Waals surface area contributed by atoms with E-state index in [-0.39, 0.29) is 12.8 Å². The van der Waals surface area contributed by atoms with Crippen molar-refractivity contribution >= 4 is 15.9 Å². The molecule has 0 saturated carbocycles. The predicted octanol–water partition coefficient (Wildman–Crippen LogP) is -0.524. The summed E-state index contributed by atoms with van der Waals surface area (Å²) in [5, 5.41) is 18.1. The molecule has 0 spiro atoms. The fourth-order valence-electron chi connectivity index (χ4n) is 0.953. The molecule has 0 aliphatic heterocycles. The van der Waals surface area contributed by atoms with Gasteiger partial charge in [0.15, 0.2) is 5.60 Å². The molecule has 10 heteroatoms. The Kier molecular flexibility index (Phi) is 4.92. The number of sulfonamides is 1. The fourth-order valence-corrected chi connectivity index (χ4v) is 1.50. The minimum absolute atomic E-state index is 0.163. The van der Waals surface area contributed by atoms with Crippen LogP contribution < -0.4 is 4.72 Å². The zero-order chi connectivity index (χ0) is 13.9. The van der Waals surface area contributed by atoms with Crippen molar-refractivity contribution in [2.45, 2.75) is 30.9 Å². The van der Waals surface area contributed by atoms with Crippen molar-refractivity contribution in [3.63, 3.8) is 0 Å². The number of alkyl halides is 3. The highest BCUT2D eigenvalue weighted by molar-refractivity contribution is 7.90. The highest BCUT2D eigenvalue weighted by Crippen LogP contribution is 2.23. The molecule has 0 rings (SSSR count). The second-order valence-corrected chi connectivity index (χ2v) is 4.99. The van der Waals surface area contributed by atoms with Crippen LogP contribution in [-0.4, -0.2) is 42.3 Å². The first-order valence-electron chi connectivity index (χ1n) is 4.47. The van der Waals surface area contributed by atoms with E-state index in [1.807, 2.05) is 0 Å². The Morgan fingerprint density at radius 3 is 2.12 bits per heavy atom. The third kappa shape index (κ3) is 3.82. The molecule has 0 aromatic carbocycles. The number of aliphatic hydroxyl groups is 2. The van der Waals surface area contributed by atoms with Gasteiger partial charge in [-0.15, -0.1) is 0 Å². The summed E-state index contributed by atoms with van der Waals surface area (Å²) in [6.45, 7) is 0.312. The Labute approximate surface area is 95.5 Å². The van der Waals surface area contributed by atoms with Crippen LogP contribution in [0.3, 0.4) is 0 Å². The van der Waals surface area contributed by atoms with Crippen molar-refractivity contribution in [2.75, 3.05) is 6.61 Å². The van der Waals surface area contributed by atoms with Crippen LogP contribution >= 0.6 is 0 Å². The maximum atomic E-state index is 11.9. The minimum atomic E-state index is -5.88. The molecule has 3 N–H and O–H groups in total. The Bertz CT molecular complexity index is 379. The molecular formula is C7H12F3NO5S. The fraction of sp³-hybridized carbons (Fsp3) is 0.857. The van der Waals surface area contributed by atoms with E-state index >= 15 is 0 Å². The monoisotopic (exact) mass is 279 g/mol. The molecule has 0 bridgehead atoms. The zero-order valence-electron chi connectivity index (χ0n) is 8.78. The van der Waals surface area contributed by atoms with Crippen LogP contribution in [0.25, 0.3) is 0 Å². The molecule has 1 atom stereocenters. The van der Waals surface area contributed by atoms with E-state index < -0.39 is 33.6 Å². The van der Waals surface area contributed by atoms with E-state index in [1.165, 1.54) is 6.92 Å². The maximum absolute atomic E-state index is 11.9. The van der Waals surface area contributed by atoms with Crippen molar-refractivity contribution in [3.8, 4) is 0 Å². The van der Waals surface area contributed by atoms with Gasteiger partial charge >= 0.3 is 15.5 Å². The van der Waals surface area contributed by atoms with Gasteiger partial charge in [0.2, 0.25) is 0 Å². The van der Waals surface area contributed by atoms with E-state index in [9.17, 15) is 31.5 Å². The first-order chi connectivity index (χ1) is 7.50. The number of hydrogen-bond donors (Lipinski definition) is 3. The lowest BCUT2D eigenvalue weighted by molar-refractivity contribution is -0.143. The second kappa shape index (κ2) is 5.19. The third-order valence-corrected chi connectivity index (χ3v) is 2.94. The zero-order valence-corrected chi connectivity index (χ0v) is 9.60. The lowest BCUT2D eigenvalue weighted by Gasteiger charge is -2.24. The molecule has 1 amide bonds. The van der Waals surface area contributed by atoms with Gasteiger partial charge < -0.3 is 10.2 Å². The van der Waals surface area contributed by atoms with Crippen LogP contribution in [0.2, 0.25) is 0 Å². The van der Waals surface area contributed by atoms with Crippen LogP contribution in [-0.2, 0) is 14.8 Å². The van der Waals surface area contributed by atoms with E-state index in [0.717, 1.165) is 0 Å². The van der Waals surface area contributed by atoms with Gasteiger partial charge in [0.05, 0.1) is 6.61 Å². The largest absolute Gasteiger partial charge is 0.516 e. The summed E-state index contributed by atoms with van der Waals surface area (Å²) in [6, 6.07) is 0. The van der Waals surface area contributed by atoms with Crippen molar-refractivity contribution in [1.29, 1.82) is 0 Å². The average molecular weight is 279 g/mol. The summed E-state index contributed by atoms with van der Waals surface area (Å²) in [6.07, 6.45) is -0.209. The van der Waals surface area contributed by atoms with Crippen LogP contribution in [0.15, 0.2) is 0 Å². The van der Waals surface area contributed by atoms with Crippen molar-refractivity contribution in [1.82, 2.24) is 4.72 Å². The summed E-state index contributed by atoms with van der Waals surface area (Å²) < 4.78 is 57.6. The van der Waals surface area contributed by atoms with Crippen LogP contribution in [0, 0.1) is 0 Å². The van der Waals surface area contributed by atoms with Gasteiger partial charge in [-0.05, 0) is 6.42 Å². The molecule has 17 heavy (non-hydrogen) atoms. The molecule has 0 fully saturated rings. The molecule has 0 aromatic heterocycles. The number of carbonyl (C=O) groups excluding carboxylic acids is 1. The highest BCUT2D eigenvalue weighted by Gasteiger charge is 2.49. The standard InChI is InChI=1S/C7H12F3NO5S/c1-2-3-6(14,4-12)5(13)11-17(15,16)7(8,9)10/h12,14H,2-4H2,1H3,(H,11,13). The third-order valence-electron chi connectivity index (χ3n) is 1.88. The molecule has 0 saturated heterocycles. The summed E-state index contributed by atoms with van der Waals surface area (Å²) in [7, 11) is -5.88. The molecule has 0 heterocycles. The second-order valence-electron chi connectivity index (χ2n) is 3.32. The van der Waals surface area contributed by atoms with E-state index in [4.69, 9.17) is 5.11 Å². The lowest BCUT2D eigenvalue weighted by Crippen LogP contribution is -2.53. The van der Waals surface area contributed by atoms with E-state index in [2.05, 4.69) is 0 Å². The number of nitrogens with one attached hydrogen (secondary N) is 1. The van der Waals surface area contributed by atoms with Gasteiger partial charge in [-0.2, -0.15) is 21.6 Å². The Morgan fingerprint density at radius 1 is 1.35 bits per heavy atom. The highest BCUT2D eigenvalue weighted by atomic mass is 32.2. The molecule has 0 aromatic rings. The molecule has 6 nitrogen and oxygen atoms in total. The minimum Gasteiger partial charge on any atom is -0.393 e. The van der Waals surface area contributed by atoms with Crippen LogP contribution in [0.1, 0.15) is 19.8 Å². The number of rotatable bonds is 5. The number of carbonyl (C=O) groups is 1.